The second-order valence-electron chi connectivity index (χ2n) is 6.95. The van der Waals surface area contributed by atoms with E-state index in [4.69, 9.17) is 24.7 Å². The van der Waals surface area contributed by atoms with Gasteiger partial charge in [0.1, 0.15) is 18.3 Å². The molecule has 5 nitrogen and oxygen atoms in total. The highest BCUT2D eigenvalue weighted by Crippen LogP contribution is 2.28. The van der Waals surface area contributed by atoms with Gasteiger partial charge in [-0.15, -0.1) is 0 Å². The van der Waals surface area contributed by atoms with Crippen molar-refractivity contribution in [2.24, 2.45) is 5.73 Å². The van der Waals surface area contributed by atoms with Gasteiger partial charge in [-0.2, -0.15) is 0 Å². The van der Waals surface area contributed by atoms with Crippen LogP contribution in [0.15, 0.2) is 0 Å². The first kappa shape index (κ1) is 20.8. The van der Waals surface area contributed by atoms with Gasteiger partial charge in [0.25, 0.3) is 0 Å². The summed E-state index contributed by atoms with van der Waals surface area (Å²) in [7, 11) is 0. The smallest absolute Gasteiger partial charge is 0.115 e. The zero-order chi connectivity index (χ0) is 17.2. The summed E-state index contributed by atoms with van der Waals surface area (Å²) < 4.78 is 24.0. The zero-order valence-corrected chi connectivity index (χ0v) is 15.6. The molecule has 1 saturated heterocycles. The van der Waals surface area contributed by atoms with Gasteiger partial charge in [-0.3, -0.25) is 0 Å². The van der Waals surface area contributed by atoms with Crippen LogP contribution in [0, 0.1) is 0 Å². The van der Waals surface area contributed by atoms with E-state index in [0.29, 0.717) is 6.61 Å². The fourth-order valence-electron chi connectivity index (χ4n) is 2.86. The third-order valence-corrected chi connectivity index (χ3v) is 3.97. The topological polar surface area (TPSA) is 62.9 Å². The molecule has 0 amide bonds. The number of rotatable bonds is 12. The van der Waals surface area contributed by atoms with Crippen LogP contribution in [0.1, 0.15) is 60.3 Å². The lowest BCUT2D eigenvalue weighted by atomic mass is 10.1. The number of hydrogen-bond donors (Lipinski definition) is 1. The fourth-order valence-corrected chi connectivity index (χ4v) is 2.86. The van der Waals surface area contributed by atoms with E-state index < -0.39 is 0 Å². The lowest BCUT2D eigenvalue weighted by Gasteiger charge is -2.26. The summed E-state index contributed by atoms with van der Waals surface area (Å²) in [5.74, 6) is 0. The minimum atomic E-state index is -0.0622. The molecule has 1 heterocycles. The maximum absolute atomic E-state index is 6.11. The Balaban J connectivity index is 2.46. The maximum Gasteiger partial charge on any atom is 0.115 e. The van der Waals surface area contributed by atoms with Gasteiger partial charge < -0.3 is 24.7 Å². The predicted molar refractivity (Wildman–Crippen MR) is 92.7 cm³/mol. The number of nitrogens with two attached hydrogens (primary N) is 1. The molecule has 23 heavy (non-hydrogen) atoms. The van der Waals surface area contributed by atoms with E-state index in [-0.39, 0.29) is 36.6 Å². The van der Waals surface area contributed by atoms with Crippen LogP contribution in [0.3, 0.4) is 0 Å². The quantitative estimate of drug-likeness (QED) is 0.557. The summed E-state index contributed by atoms with van der Waals surface area (Å²) in [5, 5.41) is 0. The molecule has 1 unspecified atom stereocenters. The molecule has 5 heteroatoms. The molecule has 0 aromatic rings. The average molecular weight is 331 g/mol. The van der Waals surface area contributed by atoms with E-state index in [0.717, 1.165) is 32.4 Å². The van der Waals surface area contributed by atoms with Crippen molar-refractivity contribution in [3.8, 4) is 0 Å². The van der Waals surface area contributed by atoms with E-state index in [1.807, 2.05) is 27.7 Å². The molecule has 0 bridgehead atoms. The molecule has 1 fully saturated rings. The second kappa shape index (κ2) is 11.4. The van der Waals surface area contributed by atoms with Crippen molar-refractivity contribution in [2.75, 3.05) is 19.8 Å². The minimum Gasteiger partial charge on any atom is -0.376 e. The first-order chi connectivity index (χ1) is 11.0. The fraction of sp³-hybridized carbons (Fsp3) is 1.00. The van der Waals surface area contributed by atoms with Crippen LogP contribution in [0.2, 0.25) is 0 Å². The SMILES string of the molecule is CC(C)OCC1O[C@@H](C)[C@H](OCCCCCCN)[C@@H]1OC(C)C. The summed E-state index contributed by atoms with van der Waals surface area (Å²) >= 11 is 0. The molecule has 1 rings (SSSR count). The van der Waals surface area contributed by atoms with Gasteiger partial charge in [-0.25, -0.2) is 0 Å². The molecule has 2 N–H and O–H groups in total. The van der Waals surface area contributed by atoms with Crippen LogP contribution < -0.4 is 5.73 Å². The Bertz CT molecular complexity index is 299. The normalized spacial score (nSPS) is 28.2. The van der Waals surface area contributed by atoms with Gasteiger partial charge in [0.15, 0.2) is 0 Å². The molecule has 0 aromatic carbocycles. The zero-order valence-electron chi connectivity index (χ0n) is 15.6. The molecule has 0 spiro atoms. The average Bonchev–Trinajstić information content (AvgIpc) is 2.76. The van der Waals surface area contributed by atoms with E-state index in [2.05, 4.69) is 6.92 Å². The molecule has 1 aliphatic heterocycles. The van der Waals surface area contributed by atoms with Gasteiger partial charge in [-0.05, 0) is 54.0 Å². The maximum atomic E-state index is 6.11. The Kier molecular flexibility index (Phi) is 10.3. The Morgan fingerprint density at radius 1 is 0.957 bits per heavy atom. The summed E-state index contributed by atoms with van der Waals surface area (Å²) in [6, 6.07) is 0. The highest BCUT2D eigenvalue weighted by Gasteiger charge is 2.44. The number of hydrogen-bond acceptors (Lipinski definition) is 5. The molecular weight excluding hydrogens is 294 g/mol. The molecule has 0 aromatic heterocycles. The highest BCUT2D eigenvalue weighted by molar-refractivity contribution is 4.91. The van der Waals surface area contributed by atoms with Crippen LogP contribution in [0.25, 0.3) is 0 Å². The lowest BCUT2D eigenvalue weighted by Crippen LogP contribution is -2.40. The van der Waals surface area contributed by atoms with E-state index in [9.17, 15) is 0 Å². The van der Waals surface area contributed by atoms with E-state index in [1.54, 1.807) is 0 Å². The third-order valence-electron chi connectivity index (χ3n) is 3.97. The summed E-state index contributed by atoms with van der Waals surface area (Å²) in [6.45, 7) is 12.3. The largest absolute Gasteiger partial charge is 0.376 e. The molecule has 0 radical (unpaired) electrons. The van der Waals surface area contributed by atoms with Crippen LogP contribution in [-0.4, -0.2) is 56.4 Å². The van der Waals surface area contributed by atoms with Gasteiger partial charge in [0, 0.05) is 6.61 Å². The summed E-state index contributed by atoms with van der Waals surface area (Å²) in [4.78, 5) is 0. The first-order valence-corrected chi connectivity index (χ1v) is 9.19. The molecule has 138 valence electrons. The van der Waals surface area contributed by atoms with Crippen LogP contribution in [0.5, 0.6) is 0 Å². The number of ether oxygens (including phenoxy) is 4. The van der Waals surface area contributed by atoms with Gasteiger partial charge >= 0.3 is 0 Å². The molecule has 4 atom stereocenters. The van der Waals surface area contributed by atoms with Crippen LogP contribution >= 0.6 is 0 Å². The third kappa shape index (κ3) is 7.94. The van der Waals surface area contributed by atoms with Gasteiger partial charge in [-0.1, -0.05) is 12.8 Å². The Morgan fingerprint density at radius 2 is 1.65 bits per heavy atom. The van der Waals surface area contributed by atoms with Crippen LogP contribution in [-0.2, 0) is 18.9 Å². The summed E-state index contributed by atoms with van der Waals surface area (Å²) in [5.41, 5.74) is 5.51. The molecule has 1 aliphatic rings. The lowest BCUT2D eigenvalue weighted by molar-refractivity contribution is -0.103. The number of unbranched alkanes of at least 4 members (excludes halogenated alkanes) is 3. The second-order valence-corrected chi connectivity index (χ2v) is 6.95. The molecule has 0 aliphatic carbocycles. The van der Waals surface area contributed by atoms with Crippen molar-refractivity contribution in [1.29, 1.82) is 0 Å². The van der Waals surface area contributed by atoms with Gasteiger partial charge in [0.2, 0.25) is 0 Å². The first-order valence-electron chi connectivity index (χ1n) is 9.19. The van der Waals surface area contributed by atoms with Crippen molar-refractivity contribution in [3.63, 3.8) is 0 Å². The molecule has 0 saturated carbocycles. The predicted octanol–water partition coefficient (Wildman–Crippen LogP) is 2.90. The molecular formula is C18H37NO4. The van der Waals surface area contributed by atoms with E-state index >= 15 is 0 Å². The Hall–Kier alpha value is -0.200. The standard InChI is InChI=1S/C18H37NO4/c1-13(2)21-12-16-18(22-14(3)4)17(15(5)23-16)20-11-9-7-6-8-10-19/h13-18H,6-12,19H2,1-5H3/t15-,16?,17-,18+/m0/s1. The van der Waals surface area contributed by atoms with Crippen molar-refractivity contribution >= 4 is 0 Å². The van der Waals surface area contributed by atoms with E-state index in [1.165, 1.54) is 6.42 Å². The van der Waals surface area contributed by atoms with Gasteiger partial charge in [0.05, 0.1) is 24.9 Å². The highest BCUT2D eigenvalue weighted by atomic mass is 16.6. The van der Waals surface area contributed by atoms with Crippen molar-refractivity contribution in [2.45, 2.75) is 96.9 Å². The van der Waals surface area contributed by atoms with Crippen LogP contribution in [0.4, 0.5) is 0 Å². The van der Waals surface area contributed by atoms with Crippen molar-refractivity contribution < 1.29 is 18.9 Å². The Morgan fingerprint density at radius 3 is 2.26 bits per heavy atom. The van der Waals surface area contributed by atoms with Crippen molar-refractivity contribution in [1.82, 2.24) is 0 Å². The monoisotopic (exact) mass is 331 g/mol. The Labute approximate surface area is 142 Å². The van der Waals surface area contributed by atoms with Crippen molar-refractivity contribution in [3.05, 3.63) is 0 Å². The minimum absolute atomic E-state index is 0.0207. The summed E-state index contributed by atoms with van der Waals surface area (Å²) in [6.07, 6.45) is 4.71.